The number of hydrogen-bond donors (Lipinski definition) is 1. The van der Waals surface area contributed by atoms with E-state index in [1.807, 2.05) is 32.9 Å². The SMILES string of the molecule is C[C@@H](C(=O)NC(C)(C)C)N(Cc1ccc(Cl)cc1Cl)C(=O)COc1ccc(I)cc1. The van der Waals surface area contributed by atoms with E-state index in [0.717, 1.165) is 3.57 Å². The van der Waals surface area contributed by atoms with Gasteiger partial charge in [0.15, 0.2) is 6.61 Å². The smallest absolute Gasteiger partial charge is 0.261 e. The van der Waals surface area contributed by atoms with Crippen LogP contribution in [0.15, 0.2) is 42.5 Å². The zero-order valence-corrected chi connectivity index (χ0v) is 21.0. The Balaban J connectivity index is 2.21. The molecule has 30 heavy (non-hydrogen) atoms. The molecule has 0 aromatic heterocycles. The number of halogens is 3. The summed E-state index contributed by atoms with van der Waals surface area (Å²) in [4.78, 5) is 27.2. The second kappa shape index (κ2) is 10.7. The molecule has 0 spiro atoms. The highest BCUT2D eigenvalue weighted by atomic mass is 127. The maximum atomic E-state index is 13.0. The lowest BCUT2D eigenvalue weighted by atomic mass is 10.1. The van der Waals surface area contributed by atoms with Gasteiger partial charge in [0.25, 0.3) is 5.91 Å². The molecule has 2 aromatic rings. The van der Waals surface area contributed by atoms with Crippen LogP contribution in [0.3, 0.4) is 0 Å². The van der Waals surface area contributed by atoms with Gasteiger partial charge in [-0.15, -0.1) is 0 Å². The van der Waals surface area contributed by atoms with E-state index in [1.54, 1.807) is 37.3 Å². The molecule has 162 valence electrons. The summed E-state index contributed by atoms with van der Waals surface area (Å²) in [6, 6.07) is 11.7. The Morgan fingerprint density at radius 2 is 1.77 bits per heavy atom. The van der Waals surface area contributed by atoms with E-state index in [2.05, 4.69) is 27.9 Å². The molecule has 1 atom stereocenters. The summed E-state index contributed by atoms with van der Waals surface area (Å²) in [7, 11) is 0. The lowest BCUT2D eigenvalue weighted by Crippen LogP contribution is -2.53. The van der Waals surface area contributed by atoms with Gasteiger partial charge in [-0.2, -0.15) is 0 Å². The number of rotatable bonds is 7. The first-order chi connectivity index (χ1) is 14.0. The second-order valence-corrected chi connectivity index (χ2v) is 10.0. The number of benzene rings is 2. The number of nitrogens with zero attached hydrogens (tertiary/aromatic N) is 1. The van der Waals surface area contributed by atoms with E-state index in [-0.39, 0.29) is 25.0 Å². The van der Waals surface area contributed by atoms with Crippen LogP contribution in [0.1, 0.15) is 33.3 Å². The molecule has 0 aliphatic heterocycles. The van der Waals surface area contributed by atoms with Crippen LogP contribution >= 0.6 is 45.8 Å². The fourth-order valence-electron chi connectivity index (χ4n) is 2.65. The largest absolute Gasteiger partial charge is 0.484 e. The third kappa shape index (κ3) is 7.63. The van der Waals surface area contributed by atoms with Gasteiger partial charge in [0, 0.05) is 25.7 Å². The van der Waals surface area contributed by atoms with Crippen LogP contribution < -0.4 is 10.1 Å². The summed E-state index contributed by atoms with van der Waals surface area (Å²) in [5, 5.41) is 3.85. The van der Waals surface area contributed by atoms with E-state index < -0.39 is 11.6 Å². The first-order valence-electron chi connectivity index (χ1n) is 9.40. The summed E-state index contributed by atoms with van der Waals surface area (Å²) < 4.78 is 6.71. The molecule has 0 bridgehead atoms. The fourth-order valence-corrected chi connectivity index (χ4v) is 3.48. The van der Waals surface area contributed by atoms with Gasteiger partial charge >= 0.3 is 0 Å². The van der Waals surface area contributed by atoms with Crippen molar-refractivity contribution >= 4 is 57.6 Å². The van der Waals surface area contributed by atoms with Gasteiger partial charge in [0.05, 0.1) is 0 Å². The predicted molar refractivity (Wildman–Crippen MR) is 129 cm³/mol. The summed E-state index contributed by atoms with van der Waals surface area (Å²) in [6.07, 6.45) is 0. The summed E-state index contributed by atoms with van der Waals surface area (Å²) in [5.74, 6) is 0.00589. The van der Waals surface area contributed by atoms with Gasteiger partial charge in [-0.3, -0.25) is 9.59 Å². The second-order valence-electron chi connectivity index (χ2n) is 7.92. The Morgan fingerprint density at radius 1 is 1.13 bits per heavy atom. The van der Waals surface area contributed by atoms with Crippen molar-refractivity contribution in [3.63, 3.8) is 0 Å². The molecule has 1 N–H and O–H groups in total. The molecular formula is C22H25Cl2IN2O3. The van der Waals surface area contributed by atoms with Gasteiger partial charge in [0.2, 0.25) is 5.91 Å². The van der Waals surface area contributed by atoms with E-state index in [9.17, 15) is 9.59 Å². The zero-order chi connectivity index (χ0) is 22.5. The quantitative estimate of drug-likeness (QED) is 0.465. The third-order valence-electron chi connectivity index (χ3n) is 4.20. The number of ether oxygens (including phenoxy) is 1. The molecule has 2 rings (SSSR count). The number of amides is 2. The van der Waals surface area contributed by atoms with E-state index >= 15 is 0 Å². The monoisotopic (exact) mass is 562 g/mol. The molecule has 0 aliphatic rings. The molecule has 2 aromatic carbocycles. The van der Waals surface area contributed by atoms with Crippen molar-refractivity contribution < 1.29 is 14.3 Å². The molecule has 0 radical (unpaired) electrons. The lowest BCUT2D eigenvalue weighted by molar-refractivity contribution is -0.142. The maximum absolute atomic E-state index is 13.0. The van der Waals surface area contributed by atoms with Crippen LogP contribution in [0.5, 0.6) is 5.75 Å². The Morgan fingerprint density at radius 3 is 2.33 bits per heavy atom. The van der Waals surface area contributed by atoms with Crippen molar-refractivity contribution in [2.75, 3.05) is 6.61 Å². The van der Waals surface area contributed by atoms with E-state index in [0.29, 0.717) is 21.4 Å². The maximum Gasteiger partial charge on any atom is 0.261 e. The van der Waals surface area contributed by atoms with Crippen LogP contribution in [0.25, 0.3) is 0 Å². The van der Waals surface area contributed by atoms with Crippen LogP contribution in [0.2, 0.25) is 10.0 Å². The molecule has 0 saturated heterocycles. The van der Waals surface area contributed by atoms with Crippen molar-refractivity contribution in [1.82, 2.24) is 10.2 Å². The van der Waals surface area contributed by atoms with Crippen LogP contribution in [0, 0.1) is 3.57 Å². The molecular weight excluding hydrogens is 538 g/mol. The Kier molecular flexibility index (Phi) is 8.82. The molecule has 5 nitrogen and oxygen atoms in total. The summed E-state index contributed by atoms with van der Waals surface area (Å²) in [6.45, 7) is 7.31. The minimum atomic E-state index is -0.719. The fraction of sp³-hybridized carbons (Fsp3) is 0.364. The van der Waals surface area contributed by atoms with Crippen LogP contribution in [-0.2, 0) is 16.1 Å². The minimum absolute atomic E-state index is 0.156. The van der Waals surface area contributed by atoms with E-state index in [4.69, 9.17) is 27.9 Å². The molecule has 0 unspecified atom stereocenters. The van der Waals surface area contributed by atoms with Crippen molar-refractivity contribution in [2.24, 2.45) is 0 Å². The summed E-state index contributed by atoms with van der Waals surface area (Å²) >= 11 is 14.5. The van der Waals surface area contributed by atoms with E-state index in [1.165, 1.54) is 4.90 Å². The number of carbonyl (C=O) groups is 2. The molecule has 0 fully saturated rings. The summed E-state index contributed by atoms with van der Waals surface area (Å²) in [5.41, 5.74) is 0.273. The highest BCUT2D eigenvalue weighted by Crippen LogP contribution is 2.23. The van der Waals surface area contributed by atoms with Crippen LogP contribution in [0.4, 0.5) is 0 Å². The van der Waals surface area contributed by atoms with Crippen molar-refractivity contribution in [2.45, 2.75) is 45.8 Å². The normalized spacial score (nSPS) is 12.2. The van der Waals surface area contributed by atoms with Gasteiger partial charge in [0.1, 0.15) is 11.8 Å². The van der Waals surface area contributed by atoms with Crippen molar-refractivity contribution in [3.8, 4) is 5.75 Å². The number of hydrogen-bond acceptors (Lipinski definition) is 3. The van der Waals surface area contributed by atoms with Crippen molar-refractivity contribution in [3.05, 3.63) is 61.6 Å². The first kappa shape index (κ1) is 24.8. The van der Waals surface area contributed by atoms with Gasteiger partial charge in [-0.1, -0.05) is 29.3 Å². The molecule has 0 heterocycles. The minimum Gasteiger partial charge on any atom is -0.484 e. The first-order valence-corrected chi connectivity index (χ1v) is 11.2. The molecule has 0 saturated carbocycles. The van der Waals surface area contributed by atoms with Gasteiger partial charge in [-0.25, -0.2) is 0 Å². The molecule has 0 aliphatic carbocycles. The molecule has 8 heteroatoms. The van der Waals surface area contributed by atoms with Gasteiger partial charge < -0.3 is 15.0 Å². The highest BCUT2D eigenvalue weighted by molar-refractivity contribution is 14.1. The molecule has 2 amide bonds. The van der Waals surface area contributed by atoms with Crippen LogP contribution in [-0.4, -0.2) is 34.9 Å². The Hall–Kier alpha value is -1.51. The Labute approximate surface area is 201 Å². The standard InChI is InChI=1S/C22H25Cl2IN2O3/c1-14(21(29)26-22(2,3)4)27(12-15-5-6-16(23)11-19(15)24)20(28)13-30-18-9-7-17(25)8-10-18/h5-11,14H,12-13H2,1-4H3,(H,26,29)/t14-/m0/s1. The topological polar surface area (TPSA) is 58.6 Å². The van der Waals surface area contributed by atoms with Crippen molar-refractivity contribution in [1.29, 1.82) is 0 Å². The number of carbonyl (C=O) groups excluding carboxylic acids is 2. The zero-order valence-electron chi connectivity index (χ0n) is 17.3. The average Bonchev–Trinajstić information content (AvgIpc) is 2.65. The predicted octanol–water partition coefficient (Wildman–Crippen LogP) is 5.31. The number of nitrogens with one attached hydrogen (secondary N) is 1. The Bertz CT molecular complexity index is 898. The van der Waals surface area contributed by atoms with Gasteiger partial charge in [-0.05, 0) is 92.2 Å². The lowest BCUT2D eigenvalue weighted by Gasteiger charge is -2.31. The average molecular weight is 563 g/mol. The third-order valence-corrected chi connectivity index (χ3v) is 5.50. The highest BCUT2D eigenvalue weighted by Gasteiger charge is 2.29.